The largest absolute Gasteiger partial charge is 0.353 e. The first-order valence-corrected chi connectivity index (χ1v) is 9.19. The molecule has 0 spiro atoms. The third-order valence-electron chi connectivity index (χ3n) is 4.74. The van der Waals surface area contributed by atoms with E-state index >= 15 is 0 Å². The highest BCUT2D eigenvalue weighted by molar-refractivity contribution is 5.37. The molecule has 0 unspecified atom stereocenters. The third kappa shape index (κ3) is 4.46. The fraction of sp³-hybridized carbons (Fsp3) is 0.579. The van der Waals surface area contributed by atoms with Crippen molar-refractivity contribution in [1.29, 1.82) is 0 Å². The maximum atomic E-state index is 12.1. The summed E-state index contributed by atoms with van der Waals surface area (Å²) in [5.74, 6) is 0.936. The summed E-state index contributed by atoms with van der Waals surface area (Å²) in [6.45, 7) is 13.4. The zero-order chi connectivity index (χ0) is 18.7. The van der Waals surface area contributed by atoms with Crippen molar-refractivity contribution in [3.8, 4) is 0 Å². The molecule has 0 bridgehead atoms. The van der Waals surface area contributed by atoms with Gasteiger partial charge in [0.1, 0.15) is 0 Å². The molecule has 1 aliphatic heterocycles. The van der Waals surface area contributed by atoms with E-state index < -0.39 is 0 Å². The van der Waals surface area contributed by atoms with E-state index in [1.54, 1.807) is 10.7 Å². The first-order valence-electron chi connectivity index (χ1n) is 9.19. The SMILES string of the molecule is Cc1ccc(N2CCN(CCn3nc(C(C)(C)C)ccc3=O)CC2)nn1. The van der Waals surface area contributed by atoms with E-state index in [1.165, 1.54) is 0 Å². The van der Waals surface area contributed by atoms with Gasteiger partial charge in [0.05, 0.1) is 17.9 Å². The molecule has 1 saturated heterocycles. The Bertz CT molecular complexity index is 785. The van der Waals surface area contributed by atoms with Gasteiger partial charge in [0.2, 0.25) is 0 Å². The van der Waals surface area contributed by atoms with Crippen LogP contribution >= 0.6 is 0 Å². The number of aryl methyl sites for hydroxylation is 1. The smallest absolute Gasteiger partial charge is 0.266 e. The summed E-state index contributed by atoms with van der Waals surface area (Å²) in [6.07, 6.45) is 0. The van der Waals surface area contributed by atoms with E-state index in [-0.39, 0.29) is 11.0 Å². The summed E-state index contributed by atoms with van der Waals surface area (Å²) >= 11 is 0. The fourth-order valence-corrected chi connectivity index (χ4v) is 3.01. The van der Waals surface area contributed by atoms with Crippen molar-refractivity contribution in [2.45, 2.75) is 39.7 Å². The van der Waals surface area contributed by atoms with Crippen molar-refractivity contribution in [1.82, 2.24) is 24.9 Å². The number of aromatic nitrogens is 4. The van der Waals surface area contributed by atoms with E-state index in [0.717, 1.165) is 49.9 Å². The van der Waals surface area contributed by atoms with Gasteiger partial charge in [-0.25, -0.2) is 4.68 Å². The molecule has 1 fully saturated rings. The summed E-state index contributed by atoms with van der Waals surface area (Å²) < 4.78 is 1.60. The molecule has 7 heteroatoms. The van der Waals surface area contributed by atoms with Crippen LogP contribution in [0, 0.1) is 6.92 Å². The molecular formula is C19H28N6O. The van der Waals surface area contributed by atoms with Gasteiger partial charge in [-0.3, -0.25) is 9.69 Å². The highest BCUT2D eigenvalue weighted by atomic mass is 16.1. The molecular weight excluding hydrogens is 328 g/mol. The second kappa shape index (κ2) is 7.53. The summed E-state index contributed by atoms with van der Waals surface area (Å²) in [7, 11) is 0. The molecule has 140 valence electrons. The summed E-state index contributed by atoms with van der Waals surface area (Å²) in [6, 6.07) is 7.48. The van der Waals surface area contributed by atoms with E-state index in [0.29, 0.717) is 6.54 Å². The van der Waals surface area contributed by atoms with Crippen LogP contribution in [-0.2, 0) is 12.0 Å². The number of anilines is 1. The highest BCUT2D eigenvalue weighted by Crippen LogP contribution is 2.18. The lowest BCUT2D eigenvalue weighted by Gasteiger charge is -2.35. The highest BCUT2D eigenvalue weighted by Gasteiger charge is 2.19. The van der Waals surface area contributed by atoms with E-state index in [2.05, 4.69) is 45.9 Å². The normalized spacial score (nSPS) is 16.1. The molecule has 3 heterocycles. The maximum Gasteiger partial charge on any atom is 0.266 e. The van der Waals surface area contributed by atoms with Crippen molar-refractivity contribution in [3.05, 3.63) is 46.0 Å². The van der Waals surface area contributed by atoms with E-state index in [1.807, 2.05) is 25.1 Å². The molecule has 0 saturated carbocycles. The third-order valence-corrected chi connectivity index (χ3v) is 4.74. The standard InChI is InChI=1S/C19H28N6O/c1-15-5-7-17(21-20-15)24-12-9-23(10-13-24)11-14-25-18(26)8-6-16(22-25)19(2,3)4/h5-8H,9-14H2,1-4H3. The quantitative estimate of drug-likeness (QED) is 0.826. The zero-order valence-corrected chi connectivity index (χ0v) is 16.1. The van der Waals surface area contributed by atoms with Crippen molar-refractivity contribution in [2.75, 3.05) is 37.6 Å². The average molecular weight is 356 g/mol. The number of piperazine rings is 1. The second-order valence-corrected chi connectivity index (χ2v) is 7.89. The van der Waals surface area contributed by atoms with Crippen LogP contribution in [-0.4, -0.2) is 57.6 Å². The zero-order valence-electron chi connectivity index (χ0n) is 16.1. The first-order chi connectivity index (χ1) is 12.3. The summed E-state index contributed by atoms with van der Waals surface area (Å²) in [5, 5.41) is 12.9. The summed E-state index contributed by atoms with van der Waals surface area (Å²) in [5.41, 5.74) is 1.78. The molecule has 0 amide bonds. The number of nitrogens with zero attached hydrogens (tertiary/aromatic N) is 6. The van der Waals surface area contributed by atoms with Gasteiger partial charge in [-0.05, 0) is 25.1 Å². The minimum atomic E-state index is -0.0594. The predicted molar refractivity (Wildman–Crippen MR) is 103 cm³/mol. The average Bonchev–Trinajstić information content (AvgIpc) is 2.61. The Balaban J connectivity index is 1.56. The van der Waals surface area contributed by atoms with Crippen molar-refractivity contribution in [2.24, 2.45) is 0 Å². The Morgan fingerprint density at radius 3 is 2.31 bits per heavy atom. The summed E-state index contributed by atoms with van der Waals surface area (Å²) in [4.78, 5) is 16.7. The lowest BCUT2D eigenvalue weighted by atomic mass is 9.92. The maximum absolute atomic E-state index is 12.1. The molecule has 7 nitrogen and oxygen atoms in total. The van der Waals surface area contributed by atoms with E-state index in [4.69, 9.17) is 0 Å². The lowest BCUT2D eigenvalue weighted by Crippen LogP contribution is -2.48. The van der Waals surface area contributed by atoms with Gasteiger partial charge in [-0.2, -0.15) is 10.2 Å². The van der Waals surface area contributed by atoms with Crippen molar-refractivity contribution < 1.29 is 0 Å². The van der Waals surface area contributed by atoms with Crippen molar-refractivity contribution in [3.63, 3.8) is 0 Å². The van der Waals surface area contributed by atoms with Crippen LogP contribution in [0.25, 0.3) is 0 Å². The molecule has 0 aromatic carbocycles. The molecule has 0 atom stereocenters. The Hall–Kier alpha value is -2.28. The second-order valence-electron chi connectivity index (χ2n) is 7.89. The van der Waals surface area contributed by atoms with Gasteiger partial charge in [-0.1, -0.05) is 20.8 Å². The molecule has 0 N–H and O–H groups in total. The molecule has 0 aliphatic carbocycles. The first kappa shape index (κ1) is 18.5. The molecule has 26 heavy (non-hydrogen) atoms. The van der Waals surface area contributed by atoms with Crippen LogP contribution in [0.4, 0.5) is 5.82 Å². The Morgan fingerprint density at radius 1 is 0.962 bits per heavy atom. The number of hydrogen-bond donors (Lipinski definition) is 0. The Morgan fingerprint density at radius 2 is 1.69 bits per heavy atom. The molecule has 3 rings (SSSR count). The number of rotatable bonds is 4. The van der Waals surface area contributed by atoms with Crippen LogP contribution in [0.2, 0.25) is 0 Å². The fourth-order valence-electron chi connectivity index (χ4n) is 3.01. The van der Waals surface area contributed by atoms with Crippen LogP contribution in [0.3, 0.4) is 0 Å². The molecule has 1 aliphatic rings. The molecule has 2 aromatic rings. The van der Waals surface area contributed by atoms with Crippen LogP contribution in [0.15, 0.2) is 29.1 Å². The lowest BCUT2D eigenvalue weighted by molar-refractivity contribution is 0.241. The monoisotopic (exact) mass is 356 g/mol. The Kier molecular flexibility index (Phi) is 5.36. The van der Waals surface area contributed by atoms with E-state index in [9.17, 15) is 4.79 Å². The van der Waals surface area contributed by atoms with Crippen LogP contribution in [0.1, 0.15) is 32.2 Å². The molecule has 2 aromatic heterocycles. The number of hydrogen-bond acceptors (Lipinski definition) is 6. The van der Waals surface area contributed by atoms with Crippen LogP contribution < -0.4 is 10.5 Å². The van der Waals surface area contributed by atoms with Gasteiger partial charge in [-0.15, -0.1) is 5.10 Å². The minimum absolute atomic E-state index is 0.0356. The minimum Gasteiger partial charge on any atom is -0.353 e. The van der Waals surface area contributed by atoms with Gasteiger partial charge >= 0.3 is 0 Å². The topological polar surface area (TPSA) is 67.2 Å². The van der Waals surface area contributed by atoms with Crippen LogP contribution in [0.5, 0.6) is 0 Å². The van der Waals surface area contributed by atoms with Crippen molar-refractivity contribution >= 4 is 5.82 Å². The van der Waals surface area contributed by atoms with Gasteiger partial charge in [0.25, 0.3) is 5.56 Å². The van der Waals surface area contributed by atoms with Gasteiger partial charge in [0, 0.05) is 44.2 Å². The predicted octanol–water partition coefficient (Wildman–Crippen LogP) is 1.46. The van der Waals surface area contributed by atoms with Gasteiger partial charge < -0.3 is 4.90 Å². The Labute approximate surface area is 154 Å². The molecule has 0 radical (unpaired) electrons. The van der Waals surface area contributed by atoms with Gasteiger partial charge in [0.15, 0.2) is 5.82 Å².